The topological polar surface area (TPSA) is 104 Å². The van der Waals surface area contributed by atoms with Gasteiger partial charge in [0.1, 0.15) is 23.7 Å². The number of H-pyrrole nitrogens is 2. The van der Waals surface area contributed by atoms with E-state index in [1.165, 1.54) is 16.8 Å². The van der Waals surface area contributed by atoms with E-state index >= 15 is 0 Å². The van der Waals surface area contributed by atoms with E-state index < -0.39 is 0 Å². The molecular formula is C51H60N8O2. The van der Waals surface area contributed by atoms with Gasteiger partial charge in [0.05, 0.1) is 28.8 Å². The lowest BCUT2D eigenvalue weighted by molar-refractivity contribution is -0.139. The number of carbonyl (C=O) groups excluding carboxylic acids is 2. The Balaban J connectivity index is 0.962. The summed E-state index contributed by atoms with van der Waals surface area (Å²) in [7, 11) is 0. The van der Waals surface area contributed by atoms with Crippen LogP contribution in [0.25, 0.3) is 33.4 Å². The summed E-state index contributed by atoms with van der Waals surface area (Å²) < 4.78 is 0. The molecule has 0 bridgehead atoms. The lowest BCUT2D eigenvalue weighted by Crippen LogP contribution is -2.43. The zero-order valence-electron chi connectivity index (χ0n) is 36.2. The fourth-order valence-corrected chi connectivity index (χ4v) is 10.4. The van der Waals surface area contributed by atoms with Crippen molar-refractivity contribution in [3.63, 3.8) is 0 Å². The number of carbonyl (C=O) groups is 2. The fourth-order valence-electron chi connectivity index (χ4n) is 10.4. The summed E-state index contributed by atoms with van der Waals surface area (Å²) in [5, 5.41) is 0. The van der Waals surface area contributed by atoms with E-state index in [9.17, 15) is 9.59 Å². The van der Waals surface area contributed by atoms with Gasteiger partial charge >= 0.3 is 0 Å². The van der Waals surface area contributed by atoms with Crippen LogP contribution in [-0.4, -0.2) is 90.6 Å². The highest BCUT2D eigenvalue weighted by Crippen LogP contribution is 2.40. The Morgan fingerprint density at radius 2 is 1.18 bits per heavy atom. The predicted molar refractivity (Wildman–Crippen MR) is 243 cm³/mol. The quantitative estimate of drug-likeness (QED) is 0.120. The lowest BCUT2D eigenvalue weighted by Gasteiger charge is -2.34. The molecule has 2 amide bonds. The second-order valence-electron chi connectivity index (χ2n) is 17.0. The summed E-state index contributed by atoms with van der Waals surface area (Å²) in [6, 6.07) is 32.9. The van der Waals surface area contributed by atoms with Crippen molar-refractivity contribution < 1.29 is 9.59 Å². The number of nitrogens with zero attached hydrogens (tertiary/aromatic N) is 6. The van der Waals surface area contributed by atoms with Crippen LogP contribution in [0, 0.1) is 0 Å². The Bertz CT molecular complexity index is 2470. The lowest BCUT2D eigenvalue weighted by atomic mass is 9.96. The summed E-state index contributed by atoms with van der Waals surface area (Å²) in [5.41, 5.74) is 10.9. The highest BCUT2D eigenvalue weighted by Gasteiger charge is 2.40. The normalized spacial score (nSPS) is 18.7. The molecule has 0 spiro atoms. The third kappa shape index (κ3) is 7.80. The number of aromatic nitrogens is 4. The molecular weight excluding hydrogens is 757 g/mol. The number of likely N-dealkylation sites (N-methyl/N-ethyl adjacent to an activating group) is 2. The number of likely N-dealkylation sites (tertiary alicyclic amines) is 2. The van der Waals surface area contributed by atoms with Gasteiger partial charge < -0.3 is 19.8 Å². The molecule has 0 saturated carbocycles. The van der Waals surface area contributed by atoms with Gasteiger partial charge in [0.15, 0.2) is 0 Å². The minimum atomic E-state index is -0.318. The van der Waals surface area contributed by atoms with E-state index in [1.54, 1.807) is 0 Å². The second kappa shape index (κ2) is 17.8. The van der Waals surface area contributed by atoms with Gasteiger partial charge in [-0.05, 0) is 111 Å². The number of hydrogen-bond donors (Lipinski definition) is 2. The molecule has 2 aliphatic heterocycles. The maximum absolute atomic E-state index is 14.5. The van der Waals surface area contributed by atoms with Crippen LogP contribution in [0.15, 0.2) is 97.1 Å². The average molecular weight is 817 g/mol. The molecule has 2 fully saturated rings. The van der Waals surface area contributed by atoms with Crippen LogP contribution >= 0.6 is 0 Å². The first kappa shape index (κ1) is 40.8. The molecule has 6 aromatic rings. The Hall–Kier alpha value is -5.58. The van der Waals surface area contributed by atoms with Crippen LogP contribution < -0.4 is 0 Å². The van der Waals surface area contributed by atoms with Gasteiger partial charge in [-0.15, -0.1) is 0 Å². The standard InChI is InChI=1S/C51H60N8O2/c1-5-56(6-2)46(34-18-11-9-12-19-34)50(60)58-30-16-24-43(58)48-52-40-29-27-37(33-42(40)54-48)36-26-28-39-38(32-36)22-15-23-41-45(39)55-49(53-41)44-25-17-31-59(44)51(61)47(57(7-3)8-4)35-20-13-10-14-21-35/h9-14,18-21,26-29,32-33,43-44,46-47H,5-8,15-17,22-25,30-31H2,1-4H3,(H,52,54)(H,53,55)/t43-,44-,46?,47+/m0/s1. The highest BCUT2D eigenvalue weighted by molar-refractivity contribution is 5.86. The van der Waals surface area contributed by atoms with Gasteiger partial charge in [0, 0.05) is 24.3 Å². The van der Waals surface area contributed by atoms with Gasteiger partial charge in [-0.1, -0.05) is 113 Å². The van der Waals surface area contributed by atoms with E-state index in [0.29, 0.717) is 0 Å². The largest absolute Gasteiger partial charge is 0.344 e. The Kier molecular flexibility index (Phi) is 11.9. The van der Waals surface area contributed by atoms with E-state index in [2.05, 4.69) is 118 Å². The number of imidazole rings is 2. The molecule has 3 aliphatic rings. The SMILES string of the molecule is CCN(CC)C(C(=O)N1CCC[C@H]1c1nc2ccc(-c3ccc4c(c3)CCCc3[nH]c([C@@H]5CCCN5C(=O)[C@@H](c5ccccc5)N(CC)CC)nc3-4)cc2[nH]1)c1ccccc1. The van der Waals surface area contributed by atoms with Crippen molar-refractivity contribution in [2.75, 3.05) is 39.3 Å². The van der Waals surface area contributed by atoms with Crippen molar-refractivity contribution in [1.82, 2.24) is 39.5 Å². The smallest absolute Gasteiger partial charge is 0.245 e. The van der Waals surface area contributed by atoms with Crippen LogP contribution in [0.3, 0.4) is 0 Å². The van der Waals surface area contributed by atoms with Crippen molar-refractivity contribution in [3.8, 4) is 22.4 Å². The first-order chi connectivity index (χ1) is 29.9. The molecule has 61 heavy (non-hydrogen) atoms. The molecule has 10 heteroatoms. The van der Waals surface area contributed by atoms with Gasteiger partial charge in [0.25, 0.3) is 0 Å². The Morgan fingerprint density at radius 1 is 0.639 bits per heavy atom. The van der Waals surface area contributed by atoms with Crippen molar-refractivity contribution in [2.24, 2.45) is 0 Å². The van der Waals surface area contributed by atoms with Crippen molar-refractivity contribution in [2.45, 2.75) is 96.8 Å². The molecule has 1 unspecified atom stereocenters. The van der Waals surface area contributed by atoms with Crippen LogP contribution in [-0.2, 0) is 22.4 Å². The number of aryl methyl sites for hydroxylation is 2. The molecule has 4 atom stereocenters. The number of aromatic amines is 2. The molecule has 2 saturated heterocycles. The highest BCUT2D eigenvalue weighted by atomic mass is 16.2. The zero-order chi connectivity index (χ0) is 42.0. The number of hydrogen-bond acceptors (Lipinski definition) is 6. The summed E-state index contributed by atoms with van der Waals surface area (Å²) in [5.74, 6) is 2.08. The number of nitrogens with one attached hydrogen (secondary N) is 2. The fraction of sp³-hybridized carbons (Fsp3) is 0.412. The third-order valence-corrected chi connectivity index (χ3v) is 13.6. The van der Waals surface area contributed by atoms with Crippen molar-refractivity contribution in [3.05, 3.63) is 131 Å². The number of amides is 2. The Morgan fingerprint density at radius 3 is 1.75 bits per heavy atom. The average Bonchev–Trinajstić information content (AvgIpc) is 4.13. The maximum atomic E-state index is 14.5. The number of rotatable bonds is 13. The molecule has 4 heterocycles. The minimum absolute atomic E-state index is 0.0722. The molecule has 2 N–H and O–H groups in total. The molecule has 316 valence electrons. The van der Waals surface area contributed by atoms with Gasteiger partial charge in [0.2, 0.25) is 11.8 Å². The van der Waals surface area contributed by atoms with Gasteiger partial charge in [-0.3, -0.25) is 19.4 Å². The monoisotopic (exact) mass is 816 g/mol. The molecule has 1 aliphatic carbocycles. The molecule has 0 radical (unpaired) electrons. The summed E-state index contributed by atoms with van der Waals surface area (Å²) in [6.45, 7) is 13.2. The zero-order valence-corrected chi connectivity index (χ0v) is 36.2. The Labute approximate surface area is 360 Å². The van der Waals surface area contributed by atoms with E-state index in [-0.39, 0.29) is 36.0 Å². The number of fused-ring (bicyclic) bond motifs is 4. The van der Waals surface area contributed by atoms with E-state index in [4.69, 9.17) is 9.97 Å². The summed E-state index contributed by atoms with van der Waals surface area (Å²) in [4.78, 5) is 55.4. The van der Waals surface area contributed by atoms with E-state index in [1.807, 2.05) is 36.4 Å². The minimum Gasteiger partial charge on any atom is -0.344 e. The van der Waals surface area contributed by atoms with Crippen LogP contribution in [0.4, 0.5) is 0 Å². The molecule has 10 nitrogen and oxygen atoms in total. The second-order valence-corrected chi connectivity index (χ2v) is 17.0. The van der Waals surface area contributed by atoms with Crippen molar-refractivity contribution >= 4 is 22.8 Å². The van der Waals surface area contributed by atoms with Gasteiger partial charge in [-0.25, -0.2) is 9.97 Å². The summed E-state index contributed by atoms with van der Waals surface area (Å²) in [6.07, 6.45) is 6.62. The van der Waals surface area contributed by atoms with Gasteiger partial charge in [-0.2, -0.15) is 0 Å². The van der Waals surface area contributed by atoms with Crippen LogP contribution in [0.1, 0.15) is 118 Å². The van der Waals surface area contributed by atoms with E-state index in [0.717, 1.165) is 135 Å². The summed E-state index contributed by atoms with van der Waals surface area (Å²) >= 11 is 0. The van der Waals surface area contributed by atoms with Crippen molar-refractivity contribution in [1.29, 1.82) is 0 Å². The van der Waals surface area contributed by atoms with Crippen LogP contribution in [0.2, 0.25) is 0 Å². The third-order valence-electron chi connectivity index (χ3n) is 13.6. The van der Waals surface area contributed by atoms with Crippen LogP contribution in [0.5, 0.6) is 0 Å². The molecule has 4 aromatic carbocycles. The predicted octanol–water partition coefficient (Wildman–Crippen LogP) is 9.60. The first-order valence-corrected chi connectivity index (χ1v) is 22.8. The number of benzene rings is 4. The molecule has 9 rings (SSSR count). The maximum Gasteiger partial charge on any atom is 0.245 e. The molecule has 2 aromatic heterocycles. The first-order valence-electron chi connectivity index (χ1n) is 22.8.